The summed E-state index contributed by atoms with van der Waals surface area (Å²) >= 11 is 0. The van der Waals surface area contributed by atoms with E-state index in [1.807, 2.05) is 18.2 Å². The summed E-state index contributed by atoms with van der Waals surface area (Å²) < 4.78 is 1.67. The molecule has 7 heteroatoms. The summed E-state index contributed by atoms with van der Waals surface area (Å²) in [5.74, 6) is 1.16. The highest BCUT2D eigenvalue weighted by atomic mass is 16.1. The largest absolute Gasteiger partial charge is 0.354 e. The monoisotopic (exact) mass is 352 g/mol. The molecule has 1 aliphatic heterocycles. The summed E-state index contributed by atoms with van der Waals surface area (Å²) in [6.07, 6.45) is 4.10. The van der Waals surface area contributed by atoms with Gasteiger partial charge in [-0.1, -0.05) is 24.3 Å². The van der Waals surface area contributed by atoms with Crippen LogP contribution in [0.15, 0.2) is 35.3 Å². The highest BCUT2D eigenvalue weighted by Gasteiger charge is 2.14. The molecule has 0 saturated carbocycles. The van der Waals surface area contributed by atoms with Crippen molar-refractivity contribution in [2.24, 2.45) is 5.92 Å². The Labute approximate surface area is 151 Å². The first-order valence-electron chi connectivity index (χ1n) is 9.15. The predicted octanol–water partition coefficient (Wildman–Crippen LogP) is 1.89. The SMILES string of the molecule is Cc1ccccc1Cn1c(=O)[nH]c2cnc(NC[C@H]3CCCNC3)nc21. The molecule has 1 aromatic carbocycles. The fourth-order valence-electron chi connectivity index (χ4n) is 3.47. The maximum absolute atomic E-state index is 12.4. The molecule has 1 aliphatic rings. The molecular weight excluding hydrogens is 328 g/mol. The molecule has 0 aliphatic carbocycles. The minimum atomic E-state index is -0.161. The molecule has 136 valence electrons. The van der Waals surface area contributed by atoms with Gasteiger partial charge in [0.25, 0.3) is 0 Å². The van der Waals surface area contributed by atoms with Gasteiger partial charge >= 0.3 is 5.69 Å². The number of aryl methyl sites for hydroxylation is 1. The smallest absolute Gasteiger partial charge is 0.328 e. The molecule has 3 N–H and O–H groups in total. The Morgan fingerprint density at radius 1 is 1.35 bits per heavy atom. The van der Waals surface area contributed by atoms with Crippen LogP contribution in [0, 0.1) is 12.8 Å². The van der Waals surface area contributed by atoms with Crippen LogP contribution in [0.25, 0.3) is 11.2 Å². The van der Waals surface area contributed by atoms with E-state index in [1.54, 1.807) is 10.8 Å². The first-order valence-corrected chi connectivity index (χ1v) is 9.15. The highest BCUT2D eigenvalue weighted by molar-refractivity contribution is 5.71. The summed E-state index contributed by atoms with van der Waals surface area (Å²) in [5, 5.41) is 6.74. The predicted molar refractivity (Wildman–Crippen MR) is 103 cm³/mol. The number of fused-ring (bicyclic) bond motifs is 1. The van der Waals surface area contributed by atoms with Crippen LogP contribution in [-0.4, -0.2) is 39.2 Å². The summed E-state index contributed by atoms with van der Waals surface area (Å²) in [7, 11) is 0. The van der Waals surface area contributed by atoms with Crippen molar-refractivity contribution in [3.8, 4) is 0 Å². The molecule has 0 radical (unpaired) electrons. The minimum Gasteiger partial charge on any atom is -0.354 e. The number of nitrogens with one attached hydrogen (secondary N) is 3. The maximum atomic E-state index is 12.4. The molecule has 3 aromatic rings. The maximum Gasteiger partial charge on any atom is 0.328 e. The van der Waals surface area contributed by atoms with Gasteiger partial charge in [0.1, 0.15) is 5.52 Å². The van der Waals surface area contributed by atoms with Crippen LogP contribution in [0.1, 0.15) is 24.0 Å². The first kappa shape index (κ1) is 16.8. The van der Waals surface area contributed by atoms with Gasteiger partial charge in [-0.3, -0.25) is 4.57 Å². The number of nitrogens with zero attached hydrogens (tertiary/aromatic N) is 3. The molecule has 0 amide bonds. The van der Waals surface area contributed by atoms with E-state index in [9.17, 15) is 4.79 Å². The van der Waals surface area contributed by atoms with Crippen molar-refractivity contribution < 1.29 is 0 Å². The van der Waals surface area contributed by atoms with Crippen LogP contribution >= 0.6 is 0 Å². The lowest BCUT2D eigenvalue weighted by atomic mass is 10.00. The molecule has 0 spiro atoms. The number of H-pyrrole nitrogens is 1. The topological polar surface area (TPSA) is 87.6 Å². The number of piperidine rings is 1. The van der Waals surface area contributed by atoms with Crippen LogP contribution in [0.3, 0.4) is 0 Å². The summed E-state index contributed by atoms with van der Waals surface area (Å²) in [6.45, 7) is 5.51. The Morgan fingerprint density at radius 2 is 2.23 bits per heavy atom. The average molecular weight is 352 g/mol. The van der Waals surface area contributed by atoms with E-state index in [0.717, 1.165) is 30.8 Å². The number of hydrogen-bond acceptors (Lipinski definition) is 5. The number of rotatable bonds is 5. The molecule has 26 heavy (non-hydrogen) atoms. The van der Waals surface area contributed by atoms with Gasteiger partial charge in [0.2, 0.25) is 5.95 Å². The second-order valence-corrected chi connectivity index (χ2v) is 6.97. The van der Waals surface area contributed by atoms with E-state index in [4.69, 9.17) is 0 Å². The minimum absolute atomic E-state index is 0.161. The van der Waals surface area contributed by atoms with E-state index >= 15 is 0 Å². The zero-order valence-electron chi connectivity index (χ0n) is 15.0. The van der Waals surface area contributed by atoms with Crippen LogP contribution < -0.4 is 16.3 Å². The standard InChI is InChI=1S/C19H24N6O/c1-13-5-2-3-7-15(13)12-25-17-16(23-19(25)26)11-22-18(24-17)21-10-14-6-4-8-20-9-14/h2-3,5,7,11,14,20H,4,6,8-10,12H2,1H3,(H,23,26)(H,21,22,24)/t14-/m0/s1. The third-order valence-electron chi connectivity index (χ3n) is 5.05. The van der Waals surface area contributed by atoms with Gasteiger partial charge in [-0.25, -0.2) is 9.78 Å². The molecule has 0 bridgehead atoms. The fourth-order valence-corrected chi connectivity index (χ4v) is 3.47. The molecule has 1 atom stereocenters. The first-order chi connectivity index (χ1) is 12.7. The number of imidazole rings is 1. The quantitative estimate of drug-likeness (QED) is 0.653. The molecule has 3 heterocycles. The number of hydrogen-bond donors (Lipinski definition) is 3. The van der Waals surface area contributed by atoms with Crippen molar-refractivity contribution in [1.29, 1.82) is 0 Å². The Hall–Kier alpha value is -2.67. The Kier molecular flexibility index (Phi) is 4.71. The summed E-state index contributed by atoms with van der Waals surface area (Å²) in [5.41, 5.74) is 3.40. The Morgan fingerprint density at radius 3 is 3.04 bits per heavy atom. The molecule has 1 fully saturated rings. The fraction of sp³-hybridized carbons (Fsp3) is 0.421. The normalized spacial score (nSPS) is 17.5. The molecule has 4 rings (SSSR count). The van der Waals surface area contributed by atoms with Crippen molar-refractivity contribution in [1.82, 2.24) is 24.8 Å². The molecule has 7 nitrogen and oxygen atoms in total. The molecule has 2 aromatic heterocycles. The van der Waals surface area contributed by atoms with E-state index in [-0.39, 0.29) is 5.69 Å². The zero-order valence-corrected chi connectivity index (χ0v) is 15.0. The number of aromatic amines is 1. The summed E-state index contributed by atoms with van der Waals surface area (Å²) in [6, 6.07) is 8.08. The van der Waals surface area contributed by atoms with Gasteiger partial charge in [-0.15, -0.1) is 0 Å². The second kappa shape index (κ2) is 7.29. The zero-order chi connectivity index (χ0) is 17.9. The number of aromatic nitrogens is 4. The average Bonchev–Trinajstić information content (AvgIpc) is 2.97. The Balaban J connectivity index is 1.58. The van der Waals surface area contributed by atoms with Crippen molar-refractivity contribution in [3.63, 3.8) is 0 Å². The third-order valence-corrected chi connectivity index (χ3v) is 5.05. The van der Waals surface area contributed by atoms with Crippen LogP contribution in [0.4, 0.5) is 5.95 Å². The van der Waals surface area contributed by atoms with Crippen molar-refractivity contribution in [3.05, 3.63) is 52.1 Å². The van der Waals surface area contributed by atoms with Crippen LogP contribution in [-0.2, 0) is 6.54 Å². The van der Waals surface area contributed by atoms with Gasteiger partial charge in [0.05, 0.1) is 12.7 Å². The highest BCUT2D eigenvalue weighted by Crippen LogP contribution is 2.15. The molecule has 1 saturated heterocycles. The van der Waals surface area contributed by atoms with Gasteiger partial charge < -0.3 is 15.6 Å². The van der Waals surface area contributed by atoms with Crippen molar-refractivity contribution >= 4 is 17.1 Å². The van der Waals surface area contributed by atoms with Crippen LogP contribution in [0.2, 0.25) is 0 Å². The van der Waals surface area contributed by atoms with Gasteiger partial charge in [-0.2, -0.15) is 4.98 Å². The van der Waals surface area contributed by atoms with E-state index in [2.05, 4.69) is 38.6 Å². The van der Waals surface area contributed by atoms with E-state index in [1.165, 1.54) is 12.8 Å². The lowest BCUT2D eigenvalue weighted by Crippen LogP contribution is -2.33. The third kappa shape index (κ3) is 3.48. The van der Waals surface area contributed by atoms with E-state index < -0.39 is 0 Å². The summed E-state index contributed by atoms with van der Waals surface area (Å²) in [4.78, 5) is 24.2. The van der Waals surface area contributed by atoms with E-state index in [0.29, 0.717) is 29.6 Å². The molecule has 0 unspecified atom stereocenters. The lowest BCUT2D eigenvalue weighted by molar-refractivity contribution is 0.392. The van der Waals surface area contributed by atoms with Crippen molar-refractivity contribution in [2.75, 3.05) is 25.0 Å². The number of anilines is 1. The molecular formula is C19H24N6O. The Bertz CT molecular complexity index is 954. The van der Waals surface area contributed by atoms with Gasteiger partial charge in [0, 0.05) is 6.54 Å². The second-order valence-electron chi connectivity index (χ2n) is 6.97. The lowest BCUT2D eigenvalue weighted by Gasteiger charge is -2.22. The van der Waals surface area contributed by atoms with Crippen LogP contribution in [0.5, 0.6) is 0 Å². The van der Waals surface area contributed by atoms with Crippen molar-refractivity contribution in [2.45, 2.75) is 26.3 Å². The number of benzene rings is 1. The van der Waals surface area contributed by atoms with Gasteiger partial charge in [-0.05, 0) is 49.9 Å². The van der Waals surface area contributed by atoms with Gasteiger partial charge in [0.15, 0.2) is 5.65 Å².